The first-order chi connectivity index (χ1) is 8.34. The van der Waals surface area contributed by atoms with Crippen molar-refractivity contribution in [2.24, 2.45) is 0 Å². The Kier molecular flexibility index (Phi) is 2.48. The molecule has 0 aromatic heterocycles. The molecule has 0 saturated heterocycles. The van der Waals surface area contributed by atoms with E-state index < -0.39 is 0 Å². The molecule has 1 aromatic carbocycles. The smallest absolute Gasteiger partial charge is 0.140 e. The van der Waals surface area contributed by atoms with Crippen molar-refractivity contribution in [3.8, 4) is 0 Å². The number of hydrogen-bond donors (Lipinski definition) is 1. The monoisotopic (exact) mass is 224 g/mol. The van der Waals surface area contributed by atoms with E-state index >= 15 is 0 Å². The van der Waals surface area contributed by atoms with Gasteiger partial charge in [0.05, 0.1) is 11.7 Å². The highest BCUT2D eigenvalue weighted by atomic mass is 16.5. The molecule has 1 N–H and O–H groups in total. The van der Waals surface area contributed by atoms with Crippen molar-refractivity contribution in [1.82, 2.24) is 5.32 Å². The molecule has 1 heterocycles. The van der Waals surface area contributed by atoms with Gasteiger partial charge < -0.3 is 10.1 Å². The van der Waals surface area contributed by atoms with E-state index in [0.29, 0.717) is 0 Å². The predicted molar refractivity (Wildman–Crippen MR) is 68.1 cm³/mol. The van der Waals surface area contributed by atoms with Crippen LogP contribution in [0.2, 0.25) is 0 Å². The molecule has 0 fully saturated rings. The van der Waals surface area contributed by atoms with Crippen LogP contribution in [0.3, 0.4) is 0 Å². The maximum Gasteiger partial charge on any atom is 0.140 e. The molecule has 3 rings (SSSR count). The Labute approximate surface area is 101 Å². The first-order valence-electron chi connectivity index (χ1n) is 5.79. The van der Waals surface area contributed by atoms with Crippen LogP contribution < -0.4 is 5.32 Å². The van der Waals surface area contributed by atoms with Crippen molar-refractivity contribution < 1.29 is 4.74 Å². The van der Waals surface area contributed by atoms with E-state index in [4.69, 9.17) is 4.74 Å². The number of hydrogen-bond acceptors (Lipinski definition) is 2. The van der Waals surface area contributed by atoms with Gasteiger partial charge in [-0.15, -0.1) is 0 Å². The molecule has 85 valence electrons. The minimum atomic E-state index is 0.104. The average Bonchev–Trinajstić information content (AvgIpc) is 2.39. The number of allylic oxidation sites excluding steroid dienone is 2. The summed E-state index contributed by atoms with van der Waals surface area (Å²) in [4.78, 5) is 0. The zero-order valence-electron chi connectivity index (χ0n) is 9.68. The Morgan fingerprint density at radius 3 is 3.06 bits per heavy atom. The van der Waals surface area contributed by atoms with Gasteiger partial charge in [0.2, 0.25) is 0 Å². The molecular formula is C15H14NO. The fraction of sp³-hybridized carbons (Fsp3) is 0.200. The number of aryl methyl sites for hydroxylation is 1. The molecule has 0 bridgehead atoms. The quantitative estimate of drug-likeness (QED) is 0.791. The summed E-state index contributed by atoms with van der Waals surface area (Å²) in [5, 5.41) is 3.48. The van der Waals surface area contributed by atoms with Crippen LogP contribution >= 0.6 is 0 Å². The summed E-state index contributed by atoms with van der Waals surface area (Å²) >= 11 is 0. The lowest BCUT2D eigenvalue weighted by atomic mass is 10.0. The number of ether oxygens (including phenoxy) is 1. The highest BCUT2D eigenvalue weighted by Crippen LogP contribution is 2.23. The van der Waals surface area contributed by atoms with Crippen LogP contribution in [0.25, 0.3) is 5.70 Å². The Balaban J connectivity index is 1.91. The van der Waals surface area contributed by atoms with Crippen molar-refractivity contribution in [1.29, 1.82) is 0 Å². The molecule has 0 amide bonds. The van der Waals surface area contributed by atoms with E-state index in [9.17, 15) is 0 Å². The zero-order chi connectivity index (χ0) is 11.7. The largest absolute Gasteiger partial charge is 0.489 e. The first-order valence-corrected chi connectivity index (χ1v) is 5.79. The summed E-state index contributed by atoms with van der Waals surface area (Å²) in [5.74, 6) is 0. The maximum atomic E-state index is 5.72. The third-order valence-electron chi connectivity index (χ3n) is 3.08. The van der Waals surface area contributed by atoms with Crippen LogP contribution in [0.15, 0.2) is 48.8 Å². The molecule has 1 radical (unpaired) electrons. The minimum Gasteiger partial charge on any atom is -0.489 e. The van der Waals surface area contributed by atoms with E-state index in [1.165, 1.54) is 5.56 Å². The molecule has 0 spiro atoms. The minimum absolute atomic E-state index is 0.104. The third kappa shape index (κ3) is 1.86. The lowest BCUT2D eigenvalue weighted by Gasteiger charge is -2.31. The van der Waals surface area contributed by atoms with Gasteiger partial charge in [-0.25, -0.2) is 0 Å². The molecule has 0 saturated carbocycles. The fourth-order valence-electron chi connectivity index (χ4n) is 2.15. The van der Waals surface area contributed by atoms with E-state index in [1.807, 2.05) is 24.3 Å². The lowest BCUT2D eigenvalue weighted by molar-refractivity contribution is 0.152. The first kappa shape index (κ1) is 10.2. The molecule has 2 aliphatic rings. The Hall–Kier alpha value is -1.96. The molecule has 17 heavy (non-hydrogen) atoms. The molecular weight excluding hydrogens is 210 g/mol. The van der Waals surface area contributed by atoms with Gasteiger partial charge in [-0.1, -0.05) is 36.4 Å². The van der Waals surface area contributed by atoms with E-state index in [0.717, 1.165) is 11.3 Å². The summed E-state index contributed by atoms with van der Waals surface area (Å²) < 4.78 is 5.72. The second kappa shape index (κ2) is 4.13. The molecule has 1 aliphatic carbocycles. The molecule has 2 unspecified atom stereocenters. The van der Waals surface area contributed by atoms with E-state index in [2.05, 4.69) is 36.5 Å². The van der Waals surface area contributed by atoms with Gasteiger partial charge in [0.25, 0.3) is 0 Å². The number of nitrogens with one attached hydrogen (secondary N) is 1. The lowest BCUT2D eigenvalue weighted by Crippen LogP contribution is -2.41. The van der Waals surface area contributed by atoms with Crippen molar-refractivity contribution >= 4 is 5.70 Å². The van der Waals surface area contributed by atoms with Crippen molar-refractivity contribution in [2.75, 3.05) is 0 Å². The third-order valence-corrected chi connectivity index (χ3v) is 3.08. The van der Waals surface area contributed by atoms with Crippen LogP contribution in [0, 0.1) is 13.0 Å². The molecule has 1 aliphatic heterocycles. The van der Waals surface area contributed by atoms with Crippen molar-refractivity contribution in [3.63, 3.8) is 0 Å². The van der Waals surface area contributed by atoms with Crippen LogP contribution in [-0.4, -0.2) is 12.1 Å². The molecule has 2 heteroatoms. The van der Waals surface area contributed by atoms with Gasteiger partial charge in [0.1, 0.15) is 12.4 Å². The SMILES string of the molecule is Cc1ccc[c]c1C1=COC2C=CC=CC2N1. The molecule has 2 atom stereocenters. The average molecular weight is 224 g/mol. The van der Waals surface area contributed by atoms with Gasteiger partial charge in [0, 0.05) is 5.56 Å². The summed E-state index contributed by atoms with van der Waals surface area (Å²) in [7, 11) is 0. The number of fused-ring (bicyclic) bond motifs is 1. The van der Waals surface area contributed by atoms with E-state index in [-0.39, 0.29) is 12.1 Å². The van der Waals surface area contributed by atoms with Gasteiger partial charge >= 0.3 is 0 Å². The summed E-state index contributed by atoms with van der Waals surface area (Å²) in [6.07, 6.45) is 10.1. The van der Waals surface area contributed by atoms with E-state index in [1.54, 1.807) is 6.26 Å². The summed E-state index contributed by atoms with van der Waals surface area (Å²) in [6.45, 7) is 2.08. The predicted octanol–water partition coefficient (Wildman–Crippen LogP) is 2.58. The standard InChI is InChI=1S/C15H14NO/c1-11-6-2-3-7-12(11)14-10-17-15-9-5-4-8-13(15)16-14/h2-6,8-10,13,15-16H,1H3. The van der Waals surface area contributed by atoms with Gasteiger partial charge in [-0.05, 0) is 24.6 Å². The van der Waals surface area contributed by atoms with Crippen LogP contribution in [-0.2, 0) is 4.74 Å². The van der Waals surface area contributed by atoms with Gasteiger partial charge in [-0.3, -0.25) is 0 Å². The second-order valence-corrected chi connectivity index (χ2v) is 4.30. The summed E-state index contributed by atoms with van der Waals surface area (Å²) in [5.41, 5.74) is 3.28. The molecule has 1 aromatic rings. The van der Waals surface area contributed by atoms with Crippen molar-refractivity contribution in [3.05, 3.63) is 66.0 Å². The van der Waals surface area contributed by atoms with Crippen LogP contribution in [0.1, 0.15) is 11.1 Å². The van der Waals surface area contributed by atoms with Crippen LogP contribution in [0.4, 0.5) is 0 Å². The highest BCUT2D eigenvalue weighted by molar-refractivity contribution is 5.66. The Bertz CT molecular complexity index is 513. The Morgan fingerprint density at radius 2 is 2.18 bits per heavy atom. The number of rotatable bonds is 1. The Morgan fingerprint density at radius 1 is 1.29 bits per heavy atom. The summed E-state index contributed by atoms with van der Waals surface area (Å²) in [6, 6.07) is 9.46. The highest BCUT2D eigenvalue weighted by Gasteiger charge is 2.24. The maximum absolute atomic E-state index is 5.72. The topological polar surface area (TPSA) is 21.3 Å². The van der Waals surface area contributed by atoms with Gasteiger partial charge in [-0.2, -0.15) is 0 Å². The number of benzene rings is 1. The molecule has 2 nitrogen and oxygen atoms in total. The normalized spacial score (nSPS) is 25.6. The van der Waals surface area contributed by atoms with Gasteiger partial charge in [0.15, 0.2) is 0 Å². The van der Waals surface area contributed by atoms with Crippen molar-refractivity contribution in [2.45, 2.75) is 19.1 Å². The fourth-order valence-corrected chi connectivity index (χ4v) is 2.15. The zero-order valence-corrected chi connectivity index (χ0v) is 9.68. The van der Waals surface area contributed by atoms with Crippen LogP contribution in [0.5, 0.6) is 0 Å². The second-order valence-electron chi connectivity index (χ2n) is 4.30.